The first kappa shape index (κ1) is 16.8. The molecule has 130 valence electrons. The standard InChI is InChI=1S/C17H19N5O3/c23-17(12-21-11-16(10-18-21)22(24)25)20-19-15-8-6-14(7-9-15)13-4-2-1-3-5-13/h1-5,10-11,14H,6-9,12H2,(H,20,23). The van der Waals surface area contributed by atoms with Gasteiger partial charge in [-0.25, -0.2) is 5.43 Å². The van der Waals surface area contributed by atoms with E-state index in [1.807, 2.05) is 6.07 Å². The lowest BCUT2D eigenvalue weighted by molar-refractivity contribution is -0.385. The average molecular weight is 341 g/mol. The lowest BCUT2D eigenvalue weighted by Crippen LogP contribution is -2.25. The van der Waals surface area contributed by atoms with Crippen molar-refractivity contribution in [1.82, 2.24) is 15.2 Å². The molecule has 8 heteroatoms. The molecule has 0 saturated heterocycles. The van der Waals surface area contributed by atoms with Crippen LogP contribution >= 0.6 is 0 Å². The molecule has 1 aliphatic rings. The molecule has 0 bridgehead atoms. The zero-order valence-corrected chi connectivity index (χ0v) is 13.7. The minimum Gasteiger partial charge on any atom is -0.271 e. The summed E-state index contributed by atoms with van der Waals surface area (Å²) in [5, 5.41) is 18.6. The molecule has 1 aromatic carbocycles. The number of carbonyl (C=O) groups is 1. The molecule has 1 saturated carbocycles. The van der Waals surface area contributed by atoms with Gasteiger partial charge in [0.25, 0.3) is 5.91 Å². The summed E-state index contributed by atoms with van der Waals surface area (Å²) in [5.41, 5.74) is 4.70. The summed E-state index contributed by atoms with van der Waals surface area (Å²) in [5.74, 6) is 0.191. The molecular formula is C17H19N5O3. The quantitative estimate of drug-likeness (QED) is 0.667. The van der Waals surface area contributed by atoms with Crippen molar-refractivity contribution in [3.05, 3.63) is 58.4 Å². The maximum atomic E-state index is 11.9. The Labute approximate surface area is 144 Å². The van der Waals surface area contributed by atoms with Gasteiger partial charge in [0.15, 0.2) is 0 Å². The van der Waals surface area contributed by atoms with Crippen molar-refractivity contribution in [3.63, 3.8) is 0 Å². The van der Waals surface area contributed by atoms with Crippen molar-refractivity contribution in [1.29, 1.82) is 0 Å². The second-order valence-electron chi connectivity index (χ2n) is 6.05. The zero-order valence-electron chi connectivity index (χ0n) is 13.7. The Morgan fingerprint density at radius 3 is 2.68 bits per heavy atom. The molecule has 0 unspecified atom stereocenters. The van der Waals surface area contributed by atoms with Crippen molar-refractivity contribution in [3.8, 4) is 0 Å². The predicted molar refractivity (Wildman–Crippen MR) is 92.1 cm³/mol. The molecular weight excluding hydrogens is 322 g/mol. The highest BCUT2D eigenvalue weighted by Crippen LogP contribution is 2.31. The second kappa shape index (κ2) is 7.69. The van der Waals surface area contributed by atoms with Crippen LogP contribution in [0.2, 0.25) is 0 Å². The molecule has 1 aromatic heterocycles. The van der Waals surface area contributed by atoms with Gasteiger partial charge in [0.1, 0.15) is 18.9 Å². The highest BCUT2D eigenvalue weighted by molar-refractivity contribution is 5.87. The number of hydrogen-bond acceptors (Lipinski definition) is 5. The van der Waals surface area contributed by atoms with Crippen LogP contribution in [-0.2, 0) is 11.3 Å². The summed E-state index contributed by atoms with van der Waals surface area (Å²) >= 11 is 0. The van der Waals surface area contributed by atoms with Gasteiger partial charge in [-0.05, 0) is 37.2 Å². The van der Waals surface area contributed by atoms with E-state index >= 15 is 0 Å². The maximum absolute atomic E-state index is 11.9. The smallest absolute Gasteiger partial charge is 0.271 e. The Kier molecular flexibility index (Phi) is 5.17. The van der Waals surface area contributed by atoms with Crippen molar-refractivity contribution >= 4 is 17.3 Å². The Hall–Kier alpha value is -3.03. The van der Waals surface area contributed by atoms with Crippen LogP contribution in [0, 0.1) is 10.1 Å². The van der Waals surface area contributed by atoms with Gasteiger partial charge < -0.3 is 0 Å². The molecule has 0 atom stereocenters. The predicted octanol–water partition coefficient (Wildman–Crippen LogP) is 2.62. The molecule has 1 heterocycles. The Morgan fingerprint density at radius 1 is 1.32 bits per heavy atom. The third-order valence-electron chi connectivity index (χ3n) is 4.31. The molecule has 8 nitrogen and oxygen atoms in total. The van der Waals surface area contributed by atoms with Crippen LogP contribution in [0.4, 0.5) is 5.69 Å². The first-order chi connectivity index (χ1) is 12.1. The van der Waals surface area contributed by atoms with Crippen LogP contribution in [0.5, 0.6) is 0 Å². The number of nitrogens with zero attached hydrogens (tertiary/aromatic N) is 4. The van der Waals surface area contributed by atoms with Crippen LogP contribution in [0.1, 0.15) is 37.2 Å². The first-order valence-corrected chi connectivity index (χ1v) is 8.18. The van der Waals surface area contributed by atoms with Crippen molar-refractivity contribution in [2.75, 3.05) is 0 Å². The number of nitro groups is 1. The third-order valence-corrected chi connectivity index (χ3v) is 4.31. The Bertz CT molecular complexity index is 775. The number of hydrogen-bond donors (Lipinski definition) is 1. The van der Waals surface area contributed by atoms with Crippen LogP contribution in [-0.4, -0.2) is 26.3 Å². The average Bonchev–Trinajstić information content (AvgIpc) is 3.10. The minimum absolute atomic E-state index is 0.0999. The van der Waals surface area contributed by atoms with E-state index in [2.05, 4.69) is 39.9 Å². The lowest BCUT2D eigenvalue weighted by Gasteiger charge is -2.23. The minimum atomic E-state index is -0.549. The molecule has 2 aromatic rings. The van der Waals surface area contributed by atoms with Crippen molar-refractivity contribution in [2.45, 2.75) is 38.1 Å². The molecule has 1 aliphatic carbocycles. The topological polar surface area (TPSA) is 102 Å². The summed E-state index contributed by atoms with van der Waals surface area (Å²) < 4.78 is 1.22. The molecule has 1 N–H and O–H groups in total. The normalized spacial score (nSPS) is 17.1. The van der Waals surface area contributed by atoms with Gasteiger partial charge in [0, 0.05) is 5.71 Å². The molecule has 1 fully saturated rings. The lowest BCUT2D eigenvalue weighted by atomic mass is 9.83. The van der Waals surface area contributed by atoms with Crippen molar-refractivity contribution in [2.24, 2.45) is 5.10 Å². The fraction of sp³-hybridized carbons (Fsp3) is 0.353. The third kappa shape index (κ3) is 4.50. The van der Waals surface area contributed by atoms with E-state index in [1.165, 1.54) is 16.4 Å². The van der Waals surface area contributed by atoms with Gasteiger partial charge in [0.05, 0.1) is 4.92 Å². The van der Waals surface area contributed by atoms with Gasteiger partial charge in [-0.2, -0.15) is 10.2 Å². The number of benzene rings is 1. The monoisotopic (exact) mass is 341 g/mol. The van der Waals surface area contributed by atoms with Crippen LogP contribution in [0.25, 0.3) is 0 Å². The number of aromatic nitrogens is 2. The number of hydrazone groups is 1. The number of amides is 1. The first-order valence-electron chi connectivity index (χ1n) is 8.18. The number of rotatable bonds is 5. The summed E-state index contributed by atoms with van der Waals surface area (Å²) in [6.07, 6.45) is 6.08. The summed E-state index contributed by atoms with van der Waals surface area (Å²) in [4.78, 5) is 21.9. The molecule has 0 spiro atoms. The van der Waals surface area contributed by atoms with Gasteiger partial charge in [-0.1, -0.05) is 30.3 Å². The molecule has 0 aliphatic heterocycles. The molecule has 3 rings (SSSR count). The number of nitrogens with one attached hydrogen (secondary N) is 1. The largest absolute Gasteiger partial charge is 0.307 e. The highest BCUT2D eigenvalue weighted by Gasteiger charge is 2.19. The van der Waals surface area contributed by atoms with E-state index in [1.54, 1.807) is 0 Å². The van der Waals surface area contributed by atoms with E-state index in [-0.39, 0.29) is 18.1 Å². The summed E-state index contributed by atoms with van der Waals surface area (Å²) in [6.45, 7) is -0.0999. The number of carbonyl (C=O) groups excluding carboxylic acids is 1. The van der Waals surface area contributed by atoms with E-state index in [0.29, 0.717) is 5.92 Å². The Balaban J connectivity index is 1.47. The van der Waals surface area contributed by atoms with Crippen LogP contribution in [0.15, 0.2) is 47.8 Å². The fourth-order valence-electron chi connectivity index (χ4n) is 2.98. The van der Waals surface area contributed by atoms with E-state index in [9.17, 15) is 14.9 Å². The van der Waals surface area contributed by atoms with Gasteiger partial charge in [-0.15, -0.1) is 0 Å². The van der Waals surface area contributed by atoms with Gasteiger partial charge in [-0.3, -0.25) is 19.6 Å². The van der Waals surface area contributed by atoms with E-state index in [0.717, 1.165) is 37.6 Å². The molecule has 0 radical (unpaired) electrons. The van der Waals surface area contributed by atoms with Crippen molar-refractivity contribution < 1.29 is 9.72 Å². The molecule has 1 amide bonds. The van der Waals surface area contributed by atoms with E-state index < -0.39 is 4.92 Å². The zero-order chi connectivity index (χ0) is 17.6. The van der Waals surface area contributed by atoms with E-state index in [4.69, 9.17) is 0 Å². The maximum Gasteiger partial charge on any atom is 0.307 e. The Morgan fingerprint density at radius 2 is 2.04 bits per heavy atom. The second-order valence-corrected chi connectivity index (χ2v) is 6.05. The van der Waals surface area contributed by atoms with Gasteiger partial charge >= 0.3 is 5.69 Å². The summed E-state index contributed by atoms with van der Waals surface area (Å²) in [7, 11) is 0. The molecule has 25 heavy (non-hydrogen) atoms. The van der Waals surface area contributed by atoms with Gasteiger partial charge in [0.2, 0.25) is 0 Å². The van der Waals surface area contributed by atoms with Crippen LogP contribution in [0.3, 0.4) is 0 Å². The SMILES string of the molecule is O=C(Cn1cc([N+](=O)[O-])cn1)NN=C1CCC(c2ccccc2)CC1. The highest BCUT2D eigenvalue weighted by atomic mass is 16.6. The summed E-state index contributed by atoms with van der Waals surface area (Å²) in [6, 6.07) is 10.4. The van der Waals surface area contributed by atoms with Crippen LogP contribution < -0.4 is 5.43 Å². The fourth-order valence-corrected chi connectivity index (χ4v) is 2.98.